The number of amides is 1. The zero-order chi connectivity index (χ0) is 16.2. The third kappa shape index (κ3) is 3.89. The van der Waals surface area contributed by atoms with Crippen LogP contribution in [-0.2, 0) is 4.79 Å². The Kier molecular flexibility index (Phi) is 5.60. The number of piperidine rings is 1. The molecule has 0 spiro atoms. The van der Waals surface area contributed by atoms with E-state index in [4.69, 9.17) is 11.6 Å². The van der Waals surface area contributed by atoms with Crippen molar-refractivity contribution in [1.82, 2.24) is 10.2 Å². The minimum Gasteiger partial charge on any atom is -0.336 e. The largest absolute Gasteiger partial charge is 0.336 e. The van der Waals surface area contributed by atoms with Crippen LogP contribution in [0.25, 0.3) is 0 Å². The summed E-state index contributed by atoms with van der Waals surface area (Å²) in [6, 6.07) is 8.12. The van der Waals surface area contributed by atoms with Crippen LogP contribution < -0.4 is 5.32 Å². The van der Waals surface area contributed by atoms with Gasteiger partial charge in [-0.25, -0.2) is 0 Å². The van der Waals surface area contributed by atoms with E-state index in [0.717, 1.165) is 43.1 Å². The first kappa shape index (κ1) is 16.8. The van der Waals surface area contributed by atoms with Gasteiger partial charge in [-0.05, 0) is 62.2 Å². The zero-order valence-electron chi connectivity index (χ0n) is 13.9. The molecule has 1 aromatic carbocycles. The Balaban J connectivity index is 1.65. The molecule has 0 aliphatic carbocycles. The molecule has 0 saturated carbocycles. The average Bonchev–Trinajstić information content (AvgIpc) is 3.05. The Bertz CT molecular complexity index is 542. The maximum atomic E-state index is 12.9. The summed E-state index contributed by atoms with van der Waals surface area (Å²) in [5, 5.41) is 4.18. The molecule has 0 radical (unpaired) electrons. The summed E-state index contributed by atoms with van der Waals surface area (Å²) in [6.07, 6.45) is 5.16. The molecule has 2 unspecified atom stereocenters. The van der Waals surface area contributed by atoms with Gasteiger partial charge >= 0.3 is 0 Å². The molecule has 2 aliphatic heterocycles. The van der Waals surface area contributed by atoms with Gasteiger partial charge in [-0.2, -0.15) is 0 Å². The molecule has 0 aromatic heterocycles. The number of hydrogen-bond donors (Lipinski definition) is 1. The van der Waals surface area contributed by atoms with E-state index in [1.54, 1.807) is 0 Å². The van der Waals surface area contributed by atoms with Gasteiger partial charge in [-0.1, -0.05) is 36.7 Å². The first-order valence-corrected chi connectivity index (χ1v) is 9.29. The Hall–Kier alpha value is -1.06. The van der Waals surface area contributed by atoms with Gasteiger partial charge in [-0.15, -0.1) is 0 Å². The van der Waals surface area contributed by atoms with E-state index < -0.39 is 0 Å². The first-order valence-electron chi connectivity index (χ1n) is 8.91. The van der Waals surface area contributed by atoms with E-state index in [2.05, 4.69) is 23.2 Å². The van der Waals surface area contributed by atoms with Gasteiger partial charge in [-0.3, -0.25) is 4.79 Å². The number of carbonyl (C=O) groups is 1. The van der Waals surface area contributed by atoms with E-state index in [9.17, 15) is 4.79 Å². The molecule has 126 valence electrons. The fraction of sp³-hybridized carbons (Fsp3) is 0.632. The lowest BCUT2D eigenvalue weighted by molar-refractivity contribution is -0.133. The lowest BCUT2D eigenvalue weighted by Crippen LogP contribution is -2.35. The van der Waals surface area contributed by atoms with Crippen molar-refractivity contribution in [2.24, 2.45) is 11.8 Å². The van der Waals surface area contributed by atoms with Crippen LogP contribution in [0.1, 0.15) is 50.6 Å². The zero-order valence-corrected chi connectivity index (χ0v) is 14.7. The number of benzene rings is 1. The van der Waals surface area contributed by atoms with Crippen molar-refractivity contribution >= 4 is 17.5 Å². The van der Waals surface area contributed by atoms with Crippen LogP contribution in [0.5, 0.6) is 0 Å². The third-order valence-electron chi connectivity index (χ3n) is 5.52. The van der Waals surface area contributed by atoms with Crippen LogP contribution in [0.2, 0.25) is 5.02 Å². The topological polar surface area (TPSA) is 32.3 Å². The van der Waals surface area contributed by atoms with E-state index in [-0.39, 0.29) is 6.04 Å². The molecule has 1 aromatic rings. The summed E-state index contributed by atoms with van der Waals surface area (Å²) < 4.78 is 0. The molecule has 3 nitrogen and oxygen atoms in total. The molecule has 2 fully saturated rings. The van der Waals surface area contributed by atoms with Crippen LogP contribution in [0.15, 0.2) is 24.3 Å². The second-order valence-corrected chi connectivity index (χ2v) is 7.44. The van der Waals surface area contributed by atoms with Crippen molar-refractivity contribution in [1.29, 1.82) is 0 Å². The Morgan fingerprint density at radius 1 is 1.30 bits per heavy atom. The highest BCUT2D eigenvalue weighted by atomic mass is 35.5. The molecule has 2 heterocycles. The van der Waals surface area contributed by atoms with Crippen LogP contribution in [0, 0.1) is 11.8 Å². The quantitative estimate of drug-likeness (QED) is 0.901. The van der Waals surface area contributed by atoms with Gasteiger partial charge in [0.2, 0.25) is 5.91 Å². The molecule has 3 rings (SSSR count). The number of rotatable bonds is 4. The highest BCUT2D eigenvalue weighted by Crippen LogP contribution is 2.37. The summed E-state index contributed by atoms with van der Waals surface area (Å²) in [7, 11) is 0. The smallest absolute Gasteiger partial charge is 0.223 e. The lowest BCUT2D eigenvalue weighted by atomic mass is 9.84. The monoisotopic (exact) mass is 334 g/mol. The van der Waals surface area contributed by atoms with Gasteiger partial charge in [0.15, 0.2) is 0 Å². The SMILES string of the molecule is CC(CC(=O)N1CCCC1c1ccccc1Cl)C1CCNCC1. The molecule has 1 N–H and O–H groups in total. The van der Waals surface area contributed by atoms with Crippen LogP contribution >= 0.6 is 11.6 Å². The van der Waals surface area contributed by atoms with Crippen molar-refractivity contribution in [3.8, 4) is 0 Å². The summed E-state index contributed by atoms with van der Waals surface area (Å²) in [5.74, 6) is 1.46. The average molecular weight is 335 g/mol. The number of carbonyl (C=O) groups excluding carboxylic acids is 1. The van der Waals surface area contributed by atoms with Gasteiger partial charge in [0.1, 0.15) is 0 Å². The van der Waals surface area contributed by atoms with Gasteiger partial charge < -0.3 is 10.2 Å². The molecule has 2 aliphatic rings. The second-order valence-electron chi connectivity index (χ2n) is 7.04. The minimum absolute atomic E-state index is 0.163. The predicted molar refractivity (Wildman–Crippen MR) is 94.5 cm³/mol. The van der Waals surface area contributed by atoms with Crippen LogP contribution in [0.4, 0.5) is 0 Å². The molecule has 4 heteroatoms. The maximum Gasteiger partial charge on any atom is 0.223 e. The van der Waals surface area contributed by atoms with E-state index in [1.165, 1.54) is 12.8 Å². The van der Waals surface area contributed by atoms with Crippen molar-refractivity contribution in [2.75, 3.05) is 19.6 Å². The fourth-order valence-electron chi connectivity index (χ4n) is 4.11. The van der Waals surface area contributed by atoms with E-state index >= 15 is 0 Å². The summed E-state index contributed by atoms with van der Waals surface area (Å²) in [5.41, 5.74) is 1.11. The standard InChI is InChI=1S/C19H27ClN2O/c1-14(15-8-10-21-11-9-15)13-19(23)22-12-4-7-18(22)16-5-2-3-6-17(16)20/h2-3,5-6,14-15,18,21H,4,7-13H2,1H3. The van der Waals surface area contributed by atoms with Crippen molar-refractivity contribution in [2.45, 2.75) is 45.1 Å². The highest BCUT2D eigenvalue weighted by molar-refractivity contribution is 6.31. The number of hydrogen-bond acceptors (Lipinski definition) is 2. The summed E-state index contributed by atoms with van der Waals surface area (Å²) >= 11 is 6.36. The Morgan fingerprint density at radius 3 is 2.78 bits per heavy atom. The van der Waals surface area contributed by atoms with Gasteiger partial charge in [0.25, 0.3) is 0 Å². The van der Waals surface area contributed by atoms with Crippen LogP contribution in [-0.4, -0.2) is 30.4 Å². The second kappa shape index (κ2) is 7.67. The number of likely N-dealkylation sites (tertiary alicyclic amines) is 1. The third-order valence-corrected chi connectivity index (χ3v) is 5.87. The summed E-state index contributed by atoms with van der Waals surface area (Å²) in [4.78, 5) is 14.9. The highest BCUT2D eigenvalue weighted by Gasteiger charge is 2.32. The number of nitrogens with one attached hydrogen (secondary N) is 1. The van der Waals surface area contributed by atoms with Crippen molar-refractivity contribution in [3.63, 3.8) is 0 Å². The summed E-state index contributed by atoms with van der Waals surface area (Å²) in [6.45, 7) is 5.30. The molecular formula is C19H27ClN2O. The Morgan fingerprint density at radius 2 is 2.04 bits per heavy atom. The molecule has 23 heavy (non-hydrogen) atoms. The normalized spacial score (nSPS) is 23.9. The molecule has 0 bridgehead atoms. The molecule has 1 amide bonds. The fourth-order valence-corrected chi connectivity index (χ4v) is 4.37. The maximum absolute atomic E-state index is 12.9. The number of halogens is 1. The lowest BCUT2D eigenvalue weighted by Gasteiger charge is -2.31. The molecule has 2 saturated heterocycles. The van der Waals surface area contributed by atoms with Gasteiger partial charge in [0, 0.05) is 18.0 Å². The predicted octanol–water partition coefficient (Wildman–Crippen LogP) is 4.03. The molecular weight excluding hydrogens is 308 g/mol. The van der Waals surface area contributed by atoms with Gasteiger partial charge in [0.05, 0.1) is 6.04 Å². The van der Waals surface area contributed by atoms with Crippen LogP contribution in [0.3, 0.4) is 0 Å². The van der Waals surface area contributed by atoms with Crippen molar-refractivity contribution < 1.29 is 4.79 Å². The number of nitrogens with zero attached hydrogens (tertiary/aromatic N) is 1. The van der Waals surface area contributed by atoms with Crippen molar-refractivity contribution in [3.05, 3.63) is 34.9 Å². The molecule has 2 atom stereocenters. The van der Waals surface area contributed by atoms with E-state index in [0.29, 0.717) is 24.2 Å². The minimum atomic E-state index is 0.163. The Labute approximate surface area is 144 Å². The first-order chi connectivity index (χ1) is 11.2. The van der Waals surface area contributed by atoms with E-state index in [1.807, 2.05) is 18.2 Å².